The van der Waals surface area contributed by atoms with Gasteiger partial charge in [0.05, 0.1) is 5.69 Å². The first-order valence-corrected chi connectivity index (χ1v) is 8.96. The molecule has 0 saturated carbocycles. The zero-order valence-corrected chi connectivity index (χ0v) is 16.5. The summed E-state index contributed by atoms with van der Waals surface area (Å²) in [6.45, 7) is 3.97. The number of aromatic nitrogens is 2. The molecule has 1 heterocycles. The molecule has 3 aromatic rings. The number of nitrogens with one attached hydrogen (secondary N) is 2. The second kappa shape index (κ2) is 8.12. The number of rotatable bonds is 5. The molecule has 7 heteroatoms. The van der Waals surface area contributed by atoms with Crippen LogP contribution in [0.2, 0.25) is 0 Å². The van der Waals surface area contributed by atoms with Crippen LogP contribution in [0.3, 0.4) is 0 Å². The van der Waals surface area contributed by atoms with E-state index in [4.69, 9.17) is 0 Å². The molecule has 0 fully saturated rings. The van der Waals surface area contributed by atoms with Gasteiger partial charge in [-0.2, -0.15) is 0 Å². The summed E-state index contributed by atoms with van der Waals surface area (Å²) < 4.78 is 16.1. The van der Waals surface area contributed by atoms with E-state index in [0.29, 0.717) is 17.1 Å². The van der Waals surface area contributed by atoms with Crippen molar-refractivity contribution in [2.45, 2.75) is 20.4 Å². The Labute approximate surface area is 164 Å². The van der Waals surface area contributed by atoms with Gasteiger partial charge in [0.1, 0.15) is 11.6 Å². The first-order chi connectivity index (χ1) is 13.3. The van der Waals surface area contributed by atoms with Crippen molar-refractivity contribution in [3.63, 3.8) is 0 Å². The van der Waals surface area contributed by atoms with Crippen LogP contribution in [-0.4, -0.2) is 29.7 Å². The largest absolute Gasteiger partial charge is 0.378 e. The monoisotopic (exact) mass is 381 g/mol. The molecule has 6 nitrogen and oxygen atoms in total. The molecule has 2 N–H and O–H groups in total. The Morgan fingerprint density at radius 2 is 1.96 bits per heavy atom. The molecule has 0 aliphatic heterocycles. The average molecular weight is 381 g/mol. The third-order valence-electron chi connectivity index (χ3n) is 4.53. The first kappa shape index (κ1) is 19.4. The van der Waals surface area contributed by atoms with Crippen molar-refractivity contribution in [1.82, 2.24) is 14.9 Å². The molecule has 2 amide bonds. The molecular weight excluding hydrogens is 357 g/mol. The number of urea groups is 1. The molecule has 0 atom stereocenters. The van der Waals surface area contributed by atoms with Crippen LogP contribution in [0.5, 0.6) is 0 Å². The third-order valence-corrected chi connectivity index (χ3v) is 4.53. The predicted octanol–water partition coefficient (Wildman–Crippen LogP) is 4.02. The smallest absolute Gasteiger partial charge is 0.319 e. The van der Waals surface area contributed by atoms with Gasteiger partial charge in [-0.15, -0.1) is 0 Å². The molecule has 0 spiro atoms. The quantitative estimate of drug-likeness (QED) is 0.702. The highest BCUT2D eigenvalue weighted by molar-refractivity contribution is 5.90. The maximum Gasteiger partial charge on any atom is 0.319 e. The number of hydrogen-bond donors (Lipinski definition) is 2. The van der Waals surface area contributed by atoms with Crippen molar-refractivity contribution >= 4 is 17.4 Å². The molecule has 0 radical (unpaired) electrons. The van der Waals surface area contributed by atoms with E-state index in [0.717, 1.165) is 16.9 Å². The van der Waals surface area contributed by atoms with E-state index in [1.807, 2.05) is 51.0 Å². The molecule has 28 heavy (non-hydrogen) atoms. The third kappa shape index (κ3) is 4.31. The SMILES string of the molecule is Cc1cc(N(C)C)ccc1NC(=O)NCc1ccc(-n2ccnc2C)c(F)c1. The molecule has 0 unspecified atom stereocenters. The molecule has 0 aliphatic rings. The topological polar surface area (TPSA) is 62.2 Å². The van der Waals surface area contributed by atoms with Crippen LogP contribution in [0.1, 0.15) is 17.0 Å². The summed E-state index contributed by atoms with van der Waals surface area (Å²) in [5, 5.41) is 5.59. The van der Waals surface area contributed by atoms with E-state index in [1.54, 1.807) is 29.1 Å². The maximum atomic E-state index is 14.4. The summed E-state index contributed by atoms with van der Waals surface area (Å²) >= 11 is 0. The molecule has 0 saturated heterocycles. The number of nitrogens with zero attached hydrogens (tertiary/aromatic N) is 3. The van der Waals surface area contributed by atoms with Gasteiger partial charge in [0.2, 0.25) is 0 Å². The van der Waals surface area contributed by atoms with Crippen molar-refractivity contribution in [3.8, 4) is 5.69 Å². The molecule has 1 aromatic heterocycles. The summed E-state index contributed by atoms with van der Waals surface area (Å²) in [6.07, 6.45) is 3.34. The standard InChI is InChI=1S/C21H24FN5O/c1-14-11-17(26(3)4)6-7-19(14)25-21(28)24-13-16-5-8-20(18(22)12-16)27-10-9-23-15(27)2/h5-12H,13H2,1-4H3,(H2,24,25,28). The zero-order valence-electron chi connectivity index (χ0n) is 16.5. The number of carbonyl (C=O) groups is 1. The van der Waals surface area contributed by atoms with E-state index in [9.17, 15) is 9.18 Å². The summed E-state index contributed by atoms with van der Waals surface area (Å²) in [5.74, 6) is 0.343. The van der Waals surface area contributed by atoms with E-state index in [-0.39, 0.29) is 18.4 Å². The molecule has 0 aliphatic carbocycles. The fourth-order valence-electron chi connectivity index (χ4n) is 2.90. The minimum absolute atomic E-state index is 0.223. The van der Waals surface area contributed by atoms with Gasteiger partial charge in [-0.05, 0) is 55.3 Å². The van der Waals surface area contributed by atoms with Gasteiger partial charge >= 0.3 is 6.03 Å². The number of aryl methyl sites for hydroxylation is 2. The van der Waals surface area contributed by atoms with E-state index in [1.165, 1.54) is 6.07 Å². The van der Waals surface area contributed by atoms with E-state index >= 15 is 0 Å². The van der Waals surface area contributed by atoms with E-state index < -0.39 is 0 Å². The minimum Gasteiger partial charge on any atom is -0.378 e. The molecule has 3 rings (SSSR count). The number of benzene rings is 2. The van der Waals surface area contributed by atoms with Gasteiger partial charge in [-0.3, -0.25) is 0 Å². The second-order valence-electron chi connectivity index (χ2n) is 6.83. The van der Waals surface area contributed by atoms with Crippen LogP contribution in [0.4, 0.5) is 20.6 Å². The van der Waals surface area contributed by atoms with Crippen LogP contribution in [-0.2, 0) is 6.54 Å². The van der Waals surface area contributed by atoms with Crippen LogP contribution in [0.15, 0.2) is 48.8 Å². The van der Waals surface area contributed by atoms with Crippen molar-refractivity contribution in [3.05, 3.63) is 71.6 Å². The van der Waals surface area contributed by atoms with Gasteiger partial charge in [0.15, 0.2) is 0 Å². The minimum atomic E-state index is -0.365. The van der Waals surface area contributed by atoms with Crippen molar-refractivity contribution in [1.29, 1.82) is 0 Å². The van der Waals surface area contributed by atoms with Crippen molar-refractivity contribution in [2.75, 3.05) is 24.3 Å². The average Bonchev–Trinajstić information content (AvgIpc) is 3.07. The number of anilines is 2. The lowest BCUT2D eigenvalue weighted by molar-refractivity contribution is 0.251. The summed E-state index contributed by atoms with van der Waals surface area (Å²) in [4.78, 5) is 18.3. The summed E-state index contributed by atoms with van der Waals surface area (Å²) in [7, 11) is 3.93. The Balaban J connectivity index is 1.62. The van der Waals surface area contributed by atoms with Crippen LogP contribution >= 0.6 is 0 Å². The summed E-state index contributed by atoms with van der Waals surface area (Å²) in [6, 6.07) is 10.4. The fraction of sp³-hybridized carbons (Fsp3) is 0.238. The second-order valence-corrected chi connectivity index (χ2v) is 6.83. The Hall–Kier alpha value is -3.35. The van der Waals surface area contributed by atoms with Gasteiger partial charge < -0.3 is 20.1 Å². The first-order valence-electron chi connectivity index (χ1n) is 8.96. The van der Waals surface area contributed by atoms with E-state index in [2.05, 4.69) is 15.6 Å². The predicted molar refractivity (Wildman–Crippen MR) is 110 cm³/mol. The van der Waals surface area contributed by atoms with Crippen LogP contribution in [0, 0.1) is 19.7 Å². The molecular formula is C21H24FN5O. The Morgan fingerprint density at radius 1 is 1.18 bits per heavy atom. The lowest BCUT2D eigenvalue weighted by Crippen LogP contribution is -2.28. The van der Waals surface area contributed by atoms with Gasteiger partial charge in [-0.25, -0.2) is 14.2 Å². The number of hydrogen-bond acceptors (Lipinski definition) is 3. The zero-order chi connectivity index (χ0) is 20.3. The number of imidazole rings is 1. The Bertz CT molecular complexity index is 996. The highest BCUT2D eigenvalue weighted by Gasteiger charge is 2.10. The highest BCUT2D eigenvalue weighted by Crippen LogP contribution is 2.21. The number of amides is 2. The van der Waals surface area contributed by atoms with Gasteiger partial charge in [0, 0.05) is 44.4 Å². The fourth-order valence-corrected chi connectivity index (χ4v) is 2.90. The van der Waals surface area contributed by atoms with Crippen molar-refractivity contribution < 1.29 is 9.18 Å². The normalized spacial score (nSPS) is 10.6. The highest BCUT2D eigenvalue weighted by atomic mass is 19.1. The molecule has 2 aromatic carbocycles. The lowest BCUT2D eigenvalue weighted by atomic mass is 10.1. The lowest BCUT2D eigenvalue weighted by Gasteiger charge is -2.16. The molecule has 146 valence electrons. The van der Waals surface area contributed by atoms with Crippen LogP contribution < -0.4 is 15.5 Å². The maximum absolute atomic E-state index is 14.4. The summed E-state index contributed by atoms with van der Waals surface area (Å²) in [5.41, 5.74) is 3.87. The number of halogens is 1. The Morgan fingerprint density at radius 3 is 2.57 bits per heavy atom. The van der Waals surface area contributed by atoms with Crippen molar-refractivity contribution in [2.24, 2.45) is 0 Å². The number of carbonyl (C=O) groups excluding carboxylic acids is 1. The molecule has 0 bridgehead atoms. The Kier molecular flexibility index (Phi) is 5.63. The van der Waals surface area contributed by atoms with Gasteiger partial charge in [-0.1, -0.05) is 6.07 Å². The van der Waals surface area contributed by atoms with Crippen LogP contribution in [0.25, 0.3) is 5.69 Å². The van der Waals surface area contributed by atoms with Gasteiger partial charge in [0.25, 0.3) is 0 Å².